The maximum absolute atomic E-state index is 5.49. The zero-order valence-electron chi connectivity index (χ0n) is 17.3. The maximum atomic E-state index is 5.49. The van der Waals surface area contributed by atoms with Crippen molar-refractivity contribution in [1.82, 2.24) is 20.2 Å². The van der Waals surface area contributed by atoms with E-state index in [4.69, 9.17) is 9.15 Å². The summed E-state index contributed by atoms with van der Waals surface area (Å²) in [5, 5.41) is 12.6. The molecule has 1 fully saturated rings. The summed E-state index contributed by atoms with van der Waals surface area (Å²) < 4.78 is 12.6. The Kier molecular flexibility index (Phi) is 5.80. The Morgan fingerprint density at radius 3 is 2.52 bits per heavy atom. The van der Waals surface area contributed by atoms with E-state index < -0.39 is 0 Å². The molecule has 29 heavy (non-hydrogen) atoms. The molecule has 0 unspecified atom stereocenters. The van der Waals surface area contributed by atoms with E-state index in [-0.39, 0.29) is 6.04 Å². The summed E-state index contributed by atoms with van der Waals surface area (Å²) >= 11 is 0. The number of hydrogen-bond acceptors (Lipinski definition) is 6. The Balaban J connectivity index is 1.46. The van der Waals surface area contributed by atoms with Gasteiger partial charge < -0.3 is 19.0 Å². The number of aromatic nitrogens is 4. The van der Waals surface area contributed by atoms with Crippen molar-refractivity contribution >= 4 is 5.69 Å². The van der Waals surface area contributed by atoms with Crippen molar-refractivity contribution in [3.05, 3.63) is 54.2 Å². The topological polar surface area (TPSA) is 73.7 Å². The number of quaternary nitrogens is 1. The summed E-state index contributed by atoms with van der Waals surface area (Å²) in [5.74, 6) is 3.12. The van der Waals surface area contributed by atoms with Crippen LogP contribution in [0.25, 0.3) is 0 Å². The van der Waals surface area contributed by atoms with Crippen LogP contribution in [0.3, 0.4) is 0 Å². The van der Waals surface area contributed by atoms with Crippen molar-refractivity contribution in [2.24, 2.45) is 5.92 Å². The van der Waals surface area contributed by atoms with Gasteiger partial charge in [-0.2, -0.15) is 0 Å². The normalized spacial score (nSPS) is 16.3. The molecule has 154 valence electrons. The molecule has 0 aliphatic carbocycles. The van der Waals surface area contributed by atoms with Gasteiger partial charge >= 0.3 is 0 Å². The van der Waals surface area contributed by atoms with E-state index in [0.29, 0.717) is 12.5 Å². The highest BCUT2D eigenvalue weighted by Gasteiger charge is 2.35. The van der Waals surface area contributed by atoms with Crippen LogP contribution in [0.15, 0.2) is 47.1 Å². The van der Waals surface area contributed by atoms with E-state index in [1.807, 2.05) is 28.9 Å². The molecule has 3 heterocycles. The van der Waals surface area contributed by atoms with E-state index in [1.165, 1.54) is 10.6 Å². The number of methoxy groups -OCH3 is 1. The molecule has 4 rings (SSSR count). The summed E-state index contributed by atoms with van der Waals surface area (Å²) in [7, 11) is 1.70. The number of rotatable bonds is 7. The van der Waals surface area contributed by atoms with Crippen molar-refractivity contribution in [2.75, 3.05) is 38.2 Å². The molecule has 1 N–H and O–H groups in total. The van der Waals surface area contributed by atoms with Crippen LogP contribution in [-0.4, -0.2) is 53.5 Å². The van der Waals surface area contributed by atoms with Crippen molar-refractivity contribution < 1.29 is 14.1 Å². The Morgan fingerprint density at radius 1 is 1.14 bits per heavy atom. The number of tetrazole rings is 1. The lowest BCUT2D eigenvalue weighted by Gasteiger charge is -2.38. The lowest BCUT2D eigenvalue weighted by atomic mass is 10.0. The second-order valence-corrected chi connectivity index (χ2v) is 7.84. The third-order valence-corrected chi connectivity index (χ3v) is 5.67. The molecule has 0 radical (unpaired) electrons. The van der Waals surface area contributed by atoms with Gasteiger partial charge in [0.2, 0.25) is 5.82 Å². The van der Waals surface area contributed by atoms with Crippen molar-refractivity contribution in [3.8, 4) is 5.75 Å². The third kappa shape index (κ3) is 4.27. The SMILES string of the molecule is COc1ccc(N2CC[NH+]([C@@H](c3nnnn3Cc3ccco3)C(C)C)CC2)cc1. The number of nitrogens with zero attached hydrogens (tertiary/aromatic N) is 5. The van der Waals surface area contributed by atoms with Gasteiger partial charge in [0.1, 0.15) is 18.1 Å². The number of nitrogens with one attached hydrogen (secondary N) is 1. The van der Waals surface area contributed by atoms with E-state index in [0.717, 1.165) is 43.5 Å². The molecule has 1 atom stereocenters. The van der Waals surface area contributed by atoms with E-state index in [2.05, 4.69) is 46.4 Å². The molecule has 3 aromatic rings. The molecular weight excluding hydrogens is 368 g/mol. The number of hydrogen-bond donors (Lipinski definition) is 1. The fraction of sp³-hybridized carbons (Fsp3) is 0.476. The van der Waals surface area contributed by atoms with Gasteiger partial charge in [-0.25, -0.2) is 4.68 Å². The number of furan rings is 1. The van der Waals surface area contributed by atoms with Gasteiger partial charge in [0.05, 0.1) is 39.6 Å². The molecule has 0 bridgehead atoms. The summed E-state index contributed by atoms with van der Waals surface area (Å²) in [5.41, 5.74) is 1.24. The summed E-state index contributed by atoms with van der Waals surface area (Å²) in [4.78, 5) is 3.96. The first-order valence-electron chi connectivity index (χ1n) is 10.2. The lowest BCUT2D eigenvalue weighted by molar-refractivity contribution is -0.937. The third-order valence-electron chi connectivity index (χ3n) is 5.67. The van der Waals surface area contributed by atoms with Gasteiger partial charge in [-0.1, -0.05) is 13.8 Å². The first-order chi connectivity index (χ1) is 14.2. The molecule has 1 aliphatic heterocycles. The number of piperazine rings is 1. The minimum absolute atomic E-state index is 0.248. The first-order valence-corrected chi connectivity index (χ1v) is 10.2. The standard InChI is InChI=1S/C21H28N6O2/c1-16(2)20(21-22-23-24-27(21)15-19-5-4-14-29-19)26-12-10-25(11-13-26)17-6-8-18(28-3)9-7-17/h4-9,14,16,20H,10-13,15H2,1-3H3/p+1/t20-/m1/s1. The monoisotopic (exact) mass is 397 g/mol. The Labute approximate surface area is 171 Å². The summed E-state index contributed by atoms with van der Waals surface area (Å²) in [6.45, 7) is 9.16. The van der Waals surface area contributed by atoms with Gasteiger partial charge in [-0.3, -0.25) is 0 Å². The minimum Gasteiger partial charge on any atom is -0.497 e. The fourth-order valence-corrected chi connectivity index (χ4v) is 4.21. The largest absolute Gasteiger partial charge is 0.497 e. The molecule has 2 aromatic heterocycles. The average Bonchev–Trinajstić information content (AvgIpc) is 3.42. The zero-order valence-corrected chi connectivity index (χ0v) is 17.3. The van der Waals surface area contributed by atoms with E-state index in [1.54, 1.807) is 13.4 Å². The molecular formula is C21H29N6O2+. The van der Waals surface area contributed by atoms with E-state index >= 15 is 0 Å². The van der Waals surface area contributed by atoms with Crippen LogP contribution in [-0.2, 0) is 6.54 Å². The van der Waals surface area contributed by atoms with Crippen LogP contribution in [0.2, 0.25) is 0 Å². The van der Waals surface area contributed by atoms with Crippen molar-refractivity contribution in [3.63, 3.8) is 0 Å². The number of benzene rings is 1. The first kappa shape index (κ1) is 19.4. The summed E-state index contributed by atoms with van der Waals surface area (Å²) in [6, 6.07) is 12.4. The summed E-state index contributed by atoms with van der Waals surface area (Å²) in [6.07, 6.45) is 1.68. The second kappa shape index (κ2) is 8.65. The smallest absolute Gasteiger partial charge is 0.210 e. The molecule has 0 spiro atoms. The lowest BCUT2D eigenvalue weighted by Crippen LogP contribution is -3.15. The zero-order chi connectivity index (χ0) is 20.2. The molecule has 8 heteroatoms. The van der Waals surface area contributed by atoms with Crippen LogP contribution in [0.5, 0.6) is 5.75 Å². The molecule has 1 aliphatic rings. The highest BCUT2D eigenvalue weighted by molar-refractivity contribution is 5.49. The van der Waals surface area contributed by atoms with Gasteiger partial charge in [-0.05, 0) is 46.8 Å². The molecule has 0 saturated carbocycles. The van der Waals surface area contributed by atoms with Crippen LogP contribution in [0.4, 0.5) is 5.69 Å². The molecule has 1 aromatic carbocycles. The highest BCUT2D eigenvalue weighted by atomic mass is 16.5. The Morgan fingerprint density at radius 2 is 1.90 bits per heavy atom. The highest BCUT2D eigenvalue weighted by Crippen LogP contribution is 2.21. The molecule has 0 amide bonds. The van der Waals surface area contributed by atoms with Gasteiger partial charge in [-0.15, -0.1) is 5.10 Å². The Hall–Kier alpha value is -2.87. The van der Waals surface area contributed by atoms with Crippen molar-refractivity contribution in [1.29, 1.82) is 0 Å². The van der Waals surface area contributed by atoms with E-state index in [9.17, 15) is 0 Å². The Bertz CT molecular complexity index is 882. The van der Waals surface area contributed by atoms with Crippen molar-refractivity contribution in [2.45, 2.75) is 26.4 Å². The van der Waals surface area contributed by atoms with Gasteiger partial charge in [0, 0.05) is 11.6 Å². The number of ether oxygens (including phenoxy) is 1. The predicted molar refractivity (Wildman–Crippen MR) is 109 cm³/mol. The predicted octanol–water partition coefficient (Wildman–Crippen LogP) is 1.43. The van der Waals surface area contributed by atoms with Crippen LogP contribution in [0, 0.1) is 5.92 Å². The second-order valence-electron chi connectivity index (χ2n) is 7.84. The fourth-order valence-electron chi connectivity index (χ4n) is 4.21. The van der Waals surface area contributed by atoms with Gasteiger partial charge in [0.25, 0.3) is 0 Å². The average molecular weight is 398 g/mol. The number of anilines is 1. The molecule has 8 nitrogen and oxygen atoms in total. The van der Waals surface area contributed by atoms with Crippen LogP contribution < -0.4 is 14.5 Å². The van der Waals surface area contributed by atoms with Crippen LogP contribution in [0.1, 0.15) is 31.5 Å². The van der Waals surface area contributed by atoms with Gasteiger partial charge in [0.15, 0.2) is 6.04 Å². The quantitative estimate of drug-likeness (QED) is 0.650. The molecule has 1 saturated heterocycles. The maximum Gasteiger partial charge on any atom is 0.210 e. The van der Waals surface area contributed by atoms with Crippen LogP contribution >= 0.6 is 0 Å². The minimum atomic E-state index is 0.248.